The Morgan fingerprint density at radius 1 is 1.33 bits per heavy atom. The zero-order valence-corrected chi connectivity index (χ0v) is 12.7. The molecule has 0 spiro atoms. The number of nitrogens with two attached hydrogens (primary N) is 1. The fourth-order valence-corrected chi connectivity index (χ4v) is 4.51. The van der Waals surface area contributed by atoms with Crippen molar-refractivity contribution in [3.8, 4) is 0 Å². The van der Waals surface area contributed by atoms with Crippen molar-refractivity contribution >= 4 is 15.7 Å². The van der Waals surface area contributed by atoms with Crippen LogP contribution in [0.1, 0.15) is 30.1 Å². The summed E-state index contributed by atoms with van der Waals surface area (Å²) in [6, 6.07) is 8.64. The van der Waals surface area contributed by atoms with Crippen LogP contribution in [-0.4, -0.2) is 24.3 Å². The predicted octanol–water partition coefficient (Wildman–Crippen LogP) is 2.43. The molecule has 1 aliphatic heterocycles. The lowest BCUT2D eigenvalue weighted by atomic mass is 10.2. The molecule has 0 saturated carbocycles. The second-order valence-corrected chi connectivity index (χ2v) is 7.31. The van der Waals surface area contributed by atoms with Gasteiger partial charge >= 0.3 is 0 Å². The lowest BCUT2D eigenvalue weighted by molar-refractivity contribution is 0.391. The van der Waals surface area contributed by atoms with Gasteiger partial charge in [-0.1, -0.05) is 6.07 Å². The van der Waals surface area contributed by atoms with Crippen molar-refractivity contribution in [2.24, 2.45) is 0 Å². The minimum Gasteiger partial charge on any atom is -0.398 e. The number of hydrogen-bond acceptors (Lipinski definition) is 3. The normalized spacial score (nSPS) is 20.0. The largest absolute Gasteiger partial charge is 0.398 e. The van der Waals surface area contributed by atoms with Crippen molar-refractivity contribution in [2.75, 3.05) is 12.3 Å². The molecular formula is C15H19N3O2S. The standard InChI is InChI=1S/C15H19N3O2S/c1-11-6-7-12(10-13(11)16)21(19,20)18-9-3-5-15(18)14-4-2-8-17-14/h2,4,6-8,10,15,17H,3,5,9,16H2,1H3. The van der Waals surface area contributed by atoms with E-state index in [9.17, 15) is 8.42 Å². The van der Waals surface area contributed by atoms with Gasteiger partial charge in [-0.3, -0.25) is 0 Å². The zero-order valence-electron chi connectivity index (χ0n) is 11.9. The minimum absolute atomic E-state index is 0.118. The van der Waals surface area contributed by atoms with Crippen LogP contribution in [0.25, 0.3) is 0 Å². The van der Waals surface area contributed by atoms with E-state index in [0.29, 0.717) is 12.2 Å². The zero-order chi connectivity index (χ0) is 15.0. The Labute approximate surface area is 124 Å². The Morgan fingerprint density at radius 3 is 2.81 bits per heavy atom. The van der Waals surface area contributed by atoms with E-state index < -0.39 is 10.0 Å². The fraction of sp³-hybridized carbons (Fsp3) is 0.333. The van der Waals surface area contributed by atoms with Crippen molar-refractivity contribution in [1.82, 2.24) is 9.29 Å². The summed E-state index contributed by atoms with van der Waals surface area (Å²) in [5, 5.41) is 0. The summed E-state index contributed by atoms with van der Waals surface area (Å²) in [6.07, 6.45) is 3.52. The topological polar surface area (TPSA) is 79.2 Å². The van der Waals surface area contributed by atoms with Crippen LogP contribution in [0.4, 0.5) is 5.69 Å². The van der Waals surface area contributed by atoms with Crippen LogP contribution in [0, 0.1) is 6.92 Å². The first kappa shape index (κ1) is 14.2. The van der Waals surface area contributed by atoms with Crippen molar-refractivity contribution in [1.29, 1.82) is 0 Å². The number of aromatic amines is 1. The third-order valence-electron chi connectivity index (χ3n) is 4.04. The third kappa shape index (κ3) is 2.45. The molecule has 2 aromatic rings. The number of aromatic nitrogens is 1. The maximum Gasteiger partial charge on any atom is 0.243 e. The molecule has 1 fully saturated rings. The monoisotopic (exact) mass is 305 g/mol. The molecule has 1 atom stereocenters. The van der Waals surface area contributed by atoms with Gasteiger partial charge in [-0.05, 0) is 49.6 Å². The van der Waals surface area contributed by atoms with Gasteiger partial charge in [0.2, 0.25) is 10.0 Å². The Morgan fingerprint density at radius 2 is 2.14 bits per heavy atom. The number of nitrogens with zero attached hydrogens (tertiary/aromatic N) is 1. The van der Waals surface area contributed by atoms with E-state index in [0.717, 1.165) is 24.1 Å². The van der Waals surface area contributed by atoms with E-state index in [1.165, 1.54) is 0 Å². The number of anilines is 1. The summed E-state index contributed by atoms with van der Waals surface area (Å²) < 4.78 is 27.3. The smallest absolute Gasteiger partial charge is 0.243 e. The average Bonchev–Trinajstić information content (AvgIpc) is 3.11. The van der Waals surface area contributed by atoms with Crippen LogP contribution in [-0.2, 0) is 10.0 Å². The number of H-pyrrole nitrogens is 1. The quantitative estimate of drug-likeness (QED) is 0.855. The number of rotatable bonds is 3. The van der Waals surface area contributed by atoms with E-state index in [1.807, 2.05) is 25.3 Å². The maximum atomic E-state index is 12.9. The SMILES string of the molecule is Cc1ccc(S(=O)(=O)N2CCCC2c2ccc[nH]2)cc1N. The molecule has 5 nitrogen and oxygen atoms in total. The van der Waals surface area contributed by atoms with Gasteiger partial charge in [0.25, 0.3) is 0 Å². The molecule has 0 amide bonds. The molecular weight excluding hydrogens is 286 g/mol. The van der Waals surface area contributed by atoms with E-state index in [1.54, 1.807) is 22.5 Å². The average molecular weight is 305 g/mol. The molecule has 1 saturated heterocycles. The molecule has 3 rings (SSSR count). The molecule has 1 aliphatic rings. The summed E-state index contributed by atoms with van der Waals surface area (Å²) in [5.74, 6) is 0. The molecule has 0 aliphatic carbocycles. The number of benzene rings is 1. The second-order valence-electron chi connectivity index (χ2n) is 5.42. The first-order valence-corrected chi connectivity index (χ1v) is 8.45. The van der Waals surface area contributed by atoms with Gasteiger partial charge in [0.1, 0.15) is 0 Å². The number of hydrogen-bond donors (Lipinski definition) is 2. The Balaban J connectivity index is 1.99. The molecule has 2 heterocycles. The Bertz CT molecular complexity index is 738. The molecule has 0 bridgehead atoms. The third-order valence-corrected chi connectivity index (χ3v) is 5.95. The molecule has 1 aromatic carbocycles. The van der Waals surface area contributed by atoms with E-state index >= 15 is 0 Å². The summed E-state index contributed by atoms with van der Waals surface area (Å²) in [4.78, 5) is 3.39. The molecule has 21 heavy (non-hydrogen) atoms. The predicted molar refractivity (Wildman–Crippen MR) is 82.3 cm³/mol. The molecule has 1 unspecified atom stereocenters. The van der Waals surface area contributed by atoms with Crippen molar-refractivity contribution < 1.29 is 8.42 Å². The highest BCUT2D eigenvalue weighted by atomic mass is 32.2. The second kappa shape index (κ2) is 5.20. The highest BCUT2D eigenvalue weighted by molar-refractivity contribution is 7.89. The van der Waals surface area contributed by atoms with Gasteiger partial charge in [-0.15, -0.1) is 0 Å². The molecule has 6 heteroatoms. The van der Waals surface area contributed by atoms with Gasteiger partial charge < -0.3 is 10.7 Å². The molecule has 0 radical (unpaired) electrons. The van der Waals surface area contributed by atoms with Crippen LogP contribution < -0.4 is 5.73 Å². The van der Waals surface area contributed by atoms with Gasteiger partial charge in [0.15, 0.2) is 0 Å². The summed E-state index contributed by atoms with van der Waals surface area (Å²) in [6.45, 7) is 2.41. The number of sulfonamides is 1. The summed E-state index contributed by atoms with van der Waals surface area (Å²) >= 11 is 0. The van der Waals surface area contributed by atoms with Crippen molar-refractivity contribution in [2.45, 2.75) is 30.7 Å². The van der Waals surface area contributed by atoms with E-state index in [4.69, 9.17) is 5.73 Å². The lowest BCUT2D eigenvalue weighted by Crippen LogP contribution is -2.31. The number of nitrogens with one attached hydrogen (secondary N) is 1. The van der Waals surface area contributed by atoms with E-state index in [-0.39, 0.29) is 10.9 Å². The van der Waals surface area contributed by atoms with Crippen LogP contribution in [0.3, 0.4) is 0 Å². The van der Waals surface area contributed by atoms with Gasteiger partial charge in [-0.25, -0.2) is 8.42 Å². The van der Waals surface area contributed by atoms with Crippen LogP contribution in [0.15, 0.2) is 41.4 Å². The van der Waals surface area contributed by atoms with Crippen LogP contribution >= 0.6 is 0 Å². The summed E-state index contributed by atoms with van der Waals surface area (Å²) in [5.41, 5.74) is 8.19. The van der Waals surface area contributed by atoms with Crippen molar-refractivity contribution in [3.63, 3.8) is 0 Å². The maximum absolute atomic E-state index is 12.9. The number of nitrogen functional groups attached to an aromatic ring is 1. The number of aryl methyl sites for hydroxylation is 1. The first-order chi connectivity index (χ1) is 10.00. The fourth-order valence-electron chi connectivity index (χ4n) is 2.80. The minimum atomic E-state index is -3.52. The Hall–Kier alpha value is -1.79. The van der Waals surface area contributed by atoms with Gasteiger partial charge in [-0.2, -0.15) is 4.31 Å². The summed E-state index contributed by atoms with van der Waals surface area (Å²) in [7, 11) is -3.52. The van der Waals surface area contributed by atoms with Crippen molar-refractivity contribution in [3.05, 3.63) is 47.8 Å². The highest BCUT2D eigenvalue weighted by Gasteiger charge is 2.36. The molecule has 1 aromatic heterocycles. The van der Waals surface area contributed by atoms with Crippen LogP contribution in [0.2, 0.25) is 0 Å². The van der Waals surface area contributed by atoms with E-state index in [2.05, 4.69) is 4.98 Å². The van der Waals surface area contributed by atoms with Crippen LogP contribution in [0.5, 0.6) is 0 Å². The Kier molecular flexibility index (Phi) is 3.51. The van der Waals surface area contributed by atoms with Gasteiger partial charge in [0.05, 0.1) is 10.9 Å². The highest BCUT2D eigenvalue weighted by Crippen LogP contribution is 2.36. The first-order valence-electron chi connectivity index (χ1n) is 7.01. The lowest BCUT2D eigenvalue weighted by Gasteiger charge is -2.23. The molecule has 3 N–H and O–H groups in total. The van der Waals surface area contributed by atoms with Gasteiger partial charge in [0, 0.05) is 24.1 Å². The molecule has 112 valence electrons.